The normalized spacial score (nSPS) is 11.0. The molecule has 3 aromatic rings. The molecule has 0 radical (unpaired) electrons. The van der Waals surface area contributed by atoms with Gasteiger partial charge in [-0.2, -0.15) is 5.26 Å². The highest BCUT2D eigenvalue weighted by Crippen LogP contribution is 2.22. The molecule has 0 atom stereocenters. The number of benzene rings is 3. The molecule has 0 aliphatic carbocycles. The molecule has 38 heavy (non-hydrogen) atoms. The van der Waals surface area contributed by atoms with Crippen molar-refractivity contribution in [3.8, 4) is 23.3 Å². The van der Waals surface area contributed by atoms with Crippen molar-refractivity contribution >= 4 is 23.4 Å². The summed E-state index contributed by atoms with van der Waals surface area (Å²) in [4.78, 5) is 11.7. The fourth-order valence-corrected chi connectivity index (χ4v) is 3.63. The third-order valence-electron chi connectivity index (χ3n) is 5.68. The molecule has 0 bridgehead atoms. The predicted molar refractivity (Wildman–Crippen MR) is 148 cm³/mol. The number of unbranched alkanes of at least 4 members (excludes halogenated alkanes) is 1. The van der Waals surface area contributed by atoms with E-state index in [9.17, 15) is 9.90 Å². The first kappa shape index (κ1) is 27.9. The van der Waals surface area contributed by atoms with Crippen LogP contribution in [0.15, 0.2) is 72.3 Å². The van der Waals surface area contributed by atoms with Crippen LogP contribution in [-0.4, -0.2) is 30.9 Å². The van der Waals surface area contributed by atoms with Crippen LogP contribution in [0.5, 0.6) is 17.2 Å². The van der Waals surface area contributed by atoms with Crippen molar-refractivity contribution in [1.82, 2.24) is 0 Å². The van der Waals surface area contributed by atoms with Gasteiger partial charge in [0, 0.05) is 29.8 Å². The highest BCUT2D eigenvalue weighted by atomic mass is 16.5. The second kappa shape index (κ2) is 14.8. The number of aryl methyl sites for hydroxylation is 1. The summed E-state index contributed by atoms with van der Waals surface area (Å²) in [6.45, 7) is 1.51. The fourth-order valence-electron chi connectivity index (χ4n) is 3.63. The van der Waals surface area contributed by atoms with E-state index in [0.29, 0.717) is 74.6 Å². The summed E-state index contributed by atoms with van der Waals surface area (Å²) in [5.74, 6) is 1.24. The summed E-state index contributed by atoms with van der Waals surface area (Å²) in [6.07, 6.45) is 4.41. The highest BCUT2D eigenvalue weighted by molar-refractivity contribution is 5.92. The van der Waals surface area contributed by atoms with Gasteiger partial charge in [0.2, 0.25) is 0 Å². The van der Waals surface area contributed by atoms with Crippen molar-refractivity contribution in [2.24, 2.45) is 0 Å². The number of nitrogens with zero attached hydrogens (tertiary/aromatic N) is 1. The molecule has 0 saturated carbocycles. The van der Waals surface area contributed by atoms with E-state index in [1.807, 2.05) is 54.6 Å². The van der Waals surface area contributed by atoms with E-state index in [4.69, 9.17) is 30.9 Å². The lowest BCUT2D eigenvalue weighted by Gasteiger charge is -2.10. The SMILES string of the molecule is N#CCCCOc1ccc(OCCCOc2ccc(/C=C(\CCc3ccc(N)cc3N)C(=O)O)cc2)cc1. The van der Waals surface area contributed by atoms with Crippen LogP contribution in [0, 0.1) is 11.3 Å². The molecule has 5 N–H and O–H groups in total. The molecule has 8 nitrogen and oxygen atoms in total. The number of nitrogen functional groups attached to an aromatic ring is 2. The largest absolute Gasteiger partial charge is 0.494 e. The molecule has 0 spiro atoms. The molecule has 0 aromatic heterocycles. The van der Waals surface area contributed by atoms with Crippen LogP contribution in [0.3, 0.4) is 0 Å². The van der Waals surface area contributed by atoms with E-state index >= 15 is 0 Å². The maximum Gasteiger partial charge on any atom is 0.331 e. The van der Waals surface area contributed by atoms with Gasteiger partial charge in [0.25, 0.3) is 0 Å². The zero-order valence-electron chi connectivity index (χ0n) is 21.3. The van der Waals surface area contributed by atoms with E-state index in [0.717, 1.165) is 22.6 Å². The Kier molecular flexibility index (Phi) is 10.9. The van der Waals surface area contributed by atoms with Crippen LogP contribution < -0.4 is 25.7 Å². The third kappa shape index (κ3) is 9.43. The Balaban J connectivity index is 1.40. The van der Waals surface area contributed by atoms with Gasteiger partial charge in [0.1, 0.15) is 17.2 Å². The van der Waals surface area contributed by atoms with Gasteiger partial charge in [-0.05, 0) is 85.0 Å². The lowest BCUT2D eigenvalue weighted by Crippen LogP contribution is -2.05. The molecule has 0 unspecified atom stereocenters. The lowest BCUT2D eigenvalue weighted by molar-refractivity contribution is -0.132. The number of carboxylic acid groups (broad SMARTS) is 1. The number of ether oxygens (including phenoxy) is 3. The molecular formula is C30H33N3O5. The maximum absolute atomic E-state index is 11.7. The Bertz CT molecular complexity index is 1250. The van der Waals surface area contributed by atoms with Gasteiger partial charge in [0.05, 0.1) is 25.9 Å². The van der Waals surface area contributed by atoms with Gasteiger partial charge in [-0.15, -0.1) is 0 Å². The minimum atomic E-state index is -0.961. The van der Waals surface area contributed by atoms with Crippen LogP contribution >= 0.6 is 0 Å². The van der Waals surface area contributed by atoms with Crippen molar-refractivity contribution in [3.63, 3.8) is 0 Å². The molecule has 0 heterocycles. The average molecular weight is 516 g/mol. The van der Waals surface area contributed by atoms with Gasteiger partial charge >= 0.3 is 5.97 Å². The minimum Gasteiger partial charge on any atom is -0.494 e. The third-order valence-corrected chi connectivity index (χ3v) is 5.68. The number of nitrogens with two attached hydrogens (primary N) is 2. The second-order valence-electron chi connectivity index (χ2n) is 8.63. The second-order valence-corrected chi connectivity index (χ2v) is 8.63. The van der Waals surface area contributed by atoms with E-state index in [-0.39, 0.29) is 0 Å². The summed E-state index contributed by atoms with van der Waals surface area (Å²) < 4.78 is 17.1. The Labute approximate surface area is 223 Å². The van der Waals surface area contributed by atoms with Gasteiger partial charge in [-0.1, -0.05) is 18.2 Å². The number of anilines is 2. The number of hydrogen-bond acceptors (Lipinski definition) is 7. The molecule has 0 amide bonds. The topological polar surface area (TPSA) is 141 Å². The lowest BCUT2D eigenvalue weighted by atomic mass is 10.0. The fraction of sp³-hybridized carbons (Fsp3) is 0.267. The summed E-state index contributed by atoms with van der Waals surface area (Å²) in [6, 6.07) is 22.0. The van der Waals surface area contributed by atoms with Crippen LogP contribution in [-0.2, 0) is 11.2 Å². The quantitative estimate of drug-likeness (QED) is 0.137. The van der Waals surface area contributed by atoms with Crippen LogP contribution in [0.2, 0.25) is 0 Å². The monoisotopic (exact) mass is 515 g/mol. The van der Waals surface area contributed by atoms with Crippen molar-refractivity contribution in [2.75, 3.05) is 31.3 Å². The summed E-state index contributed by atoms with van der Waals surface area (Å²) in [5.41, 5.74) is 14.8. The number of rotatable bonds is 15. The van der Waals surface area contributed by atoms with Gasteiger partial charge in [-0.25, -0.2) is 4.79 Å². The van der Waals surface area contributed by atoms with Crippen molar-refractivity contribution in [3.05, 3.63) is 83.4 Å². The van der Waals surface area contributed by atoms with Crippen LogP contribution in [0.25, 0.3) is 6.08 Å². The number of aliphatic carboxylic acids is 1. The molecule has 198 valence electrons. The van der Waals surface area contributed by atoms with E-state index in [1.54, 1.807) is 18.2 Å². The van der Waals surface area contributed by atoms with Crippen LogP contribution in [0.4, 0.5) is 11.4 Å². The highest BCUT2D eigenvalue weighted by Gasteiger charge is 2.10. The molecule has 3 aromatic carbocycles. The zero-order chi connectivity index (χ0) is 27.2. The molecule has 0 saturated heterocycles. The summed E-state index contributed by atoms with van der Waals surface area (Å²) in [5, 5.41) is 18.2. The van der Waals surface area contributed by atoms with Crippen molar-refractivity contribution in [1.29, 1.82) is 5.26 Å². The number of carboxylic acids is 1. The van der Waals surface area contributed by atoms with Gasteiger partial charge in [0.15, 0.2) is 0 Å². The Hall–Kier alpha value is -4.64. The summed E-state index contributed by atoms with van der Waals surface area (Å²) in [7, 11) is 0. The van der Waals surface area contributed by atoms with Crippen molar-refractivity contribution < 1.29 is 24.1 Å². The predicted octanol–water partition coefficient (Wildman–Crippen LogP) is 5.48. The number of carbonyl (C=O) groups is 1. The standard InChI is InChI=1S/C30H33N3O5/c31-16-1-2-17-36-27-12-14-28(15-13-27)38-19-3-18-37-26-10-4-22(5-11-26)20-24(30(34)35)7-6-23-8-9-25(32)21-29(23)33/h4-5,8-15,20-21H,1-3,6-7,17-19,32-33H2,(H,34,35)/b24-20+. The molecule has 0 aliphatic heterocycles. The first-order chi connectivity index (χ1) is 18.4. The Morgan fingerprint density at radius 1 is 0.842 bits per heavy atom. The molecule has 3 rings (SSSR count). The average Bonchev–Trinajstić information content (AvgIpc) is 2.91. The smallest absolute Gasteiger partial charge is 0.331 e. The number of nitriles is 1. The Morgan fingerprint density at radius 2 is 1.39 bits per heavy atom. The molecule has 0 fully saturated rings. The number of hydrogen-bond donors (Lipinski definition) is 3. The van der Waals surface area contributed by atoms with Crippen molar-refractivity contribution in [2.45, 2.75) is 32.1 Å². The van der Waals surface area contributed by atoms with E-state index in [2.05, 4.69) is 6.07 Å². The van der Waals surface area contributed by atoms with E-state index in [1.165, 1.54) is 0 Å². The van der Waals surface area contributed by atoms with E-state index < -0.39 is 5.97 Å². The van der Waals surface area contributed by atoms with Crippen LogP contribution in [0.1, 0.15) is 36.8 Å². The minimum absolute atomic E-state index is 0.297. The molecule has 8 heteroatoms. The molecular weight excluding hydrogens is 482 g/mol. The molecule has 0 aliphatic rings. The summed E-state index contributed by atoms with van der Waals surface area (Å²) >= 11 is 0. The first-order valence-corrected chi connectivity index (χ1v) is 12.5. The maximum atomic E-state index is 11.7. The van der Waals surface area contributed by atoms with Gasteiger partial charge < -0.3 is 30.8 Å². The first-order valence-electron chi connectivity index (χ1n) is 12.5. The van der Waals surface area contributed by atoms with Gasteiger partial charge in [-0.3, -0.25) is 0 Å². The Morgan fingerprint density at radius 3 is 1.92 bits per heavy atom. The zero-order valence-corrected chi connectivity index (χ0v) is 21.3.